The summed E-state index contributed by atoms with van der Waals surface area (Å²) in [5, 5.41) is 3.81. The van der Waals surface area contributed by atoms with Crippen LogP contribution in [-0.2, 0) is 10.0 Å². The van der Waals surface area contributed by atoms with Gasteiger partial charge in [-0.05, 0) is 54.4 Å². The number of hydrogen-bond acceptors (Lipinski definition) is 5. The average molecular weight is 427 g/mol. The van der Waals surface area contributed by atoms with Crippen LogP contribution in [0.4, 0.5) is 0 Å². The molecular formula is C17H19BrN2O4S. The van der Waals surface area contributed by atoms with Crippen molar-refractivity contribution in [2.45, 2.75) is 18.2 Å². The lowest BCUT2D eigenvalue weighted by Gasteiger charge is -2.10. The van der Waals surface area contributed by atoms with Crippen LogP contribution in [0, 0.1) is 0 Å². The molecule has 2 aromatic carbocycles. The molecule has 25 heavy (non-hydrogen) atoms. The molecular weight excluding hydrogens is 408 g/mol. The first kappa shape index (κ1) is 19.3. The van der Waals surface area contributed by atoms with Crippen LogP contribution in [0.1, 0.15) is 18.9 Å². The number of sulfonamides is 1. The number of hydrogen-bond donors (Lipinski definition) is 1. The summed E-state index contributed by atoms with van der Waals surface area (Å²) in [6.07, 6.45) is 2.30. The van der Waals surface area contributed by atoms with E-state index in [1.165, 1.54) is 18.3 Å². The van der Waals surface area contributed by atoms with E-state index in [9.17, 15) is 8.42 Å². The van der Waals surface area contributed by atoms with Gasteiger partial charge in [-0.25, -0.2) is 4.83 Å². The Morgan fingerprint density at radius 3 is 2.52 bits per heavy atom. The molecule has 6 nitrogen and oxygen atoms in total. The van der Waals surface area contributed by atoms with Crippen molar-refractivity contribution in [3.63, 3.8) is 0 Å². The van der Waals surface area contributed by atoms with E-state index in [2.05, 4.69) is 25.9 Å². The van der Waals surface area contributed by atoms with Gasteiger partial charge in [-0.3, -0.25) is 0 Å². The third kappa shape index (κ3) is 5.47. The van der Waals surface area contributed by atoms with Crippen molar-refractivity contribution in [2.24, 2.45) is 5.10 Å². The third-order valence-electron chi connectivity index (χ3n) is 3.16. The maximum atomic E-state index is 12.1. The molecule has 0 aliphatic heterocycles. The normalized spacial score (nSPS) is 11.5. The van der Waals surface area contributed by atoms with Crippen molar-refractivity contribution < 1.29 is 17.9 Å². The van der Waals surface area contributed by atoms with Gasteiger partial charge in [-0.1, -0.05) is 22.9 Å². The average Bonchev–Trinajstić information content (AvgIpc) is 2.60. The molecule has 2 rings (SSSR count). The van der Waals surface area contributed by atoms with Crippen molar-refractivity contribution in [2.75, 3.05) is 13.7 Å². The number of methoxy groups -OCH3 is 1. The van der Waals surface area contributed by atoms with Crippen molar-refractivity contribution in [3.8, 4) is 11.5 Å². The summed E-state index contributed by atoms with van der Waals surface area (Å²) in [7, 11) is -2.16. The highest BCUT2D eigenvalue weighted by Crippen LogP contribution is 2.27. The van der Waals surface area contributed by atoms with Crippen molar-refractivity contribution in [1.82, 2.24) is 4.83 Å². The first-order valence-electron chi connectivity index (χ1n) is 7.57. The minimum atomic E-state index is -3.71. The molecule has 1 N–H and O–H groups in total. The van der Waals surface area contributed by atoms with Crippen LogP contribution in [0.5, 0.6) is 11.5 Å². The Morgan fingerprint density at radius 1 is 1.16 bits per heavy atom. The first-order chi connectivity index (χ1) is 12.0. The predicted molar refractivity (Wildman–Crippen MR) is 101 cm³/mol. The highest BCUT2D eigenvalue weighted by atomic mass is 79.9. The zero-order valence-electron chi connectivity index (χ0n) is 13.9. The van der Waals surface area contributed by atoms with E-state index in [4.69, 9.17) is 9.47 Å². The molecule has 0 amide bonds. The fourth-order valence-electron chi connectivity index (χ4n) is 1.93. The molecule has 0 aliphatic carbocycles. The molecule has 2 aromatic rings. The van der Waals surface area contributed by atoms with Gasteiger partial charge in [0.05, 0.1) is 24.8 Å². The lowest BCUT2D eigenvalue weighted by molar-refractivity contribution is 0.294. The summed E-state index contributed by atoms with van der Waals surface area (Å²) >= 11 is 3.26. The van der Waals surface area contributed by atoms with Gasteiger partial charge in [0.25, 0.3) is 10.0 Å². The quantitative estimate of drug-likeness (QED) is 0.516. The van der Waals surface area contributed by atoms with E-state index in [-0.39, 0.29) is 4.90 Å². The lowest BCUT2D eigenvalue weighted by atomic mass is 10.2. The third-order valence-corrected chi connectivity index (χ3v) is 4.93. The maximum Gasteiger partial charge on any atom is 0.276 e. The molecule has 0 heterocycles. The summed E-state index contributed by atoms with van der Waals surface area (Å²) in [4.78, 5) is 2.32. The number of hydrazone groups is 1. The molecule has 0 saturated carbocycles. The Labute approximate surface area is 156 Å². The van der Waals surface area contributed by atoms with Gasteiger partial charge in [0, 0.05) is 4.47 Å². The highest BCUT2D eigenvalue weighted by molar-refractivity contribution is 9.10. The van der Waals surface area contributed by atoms with Gasteiger partial charge in [0.2, 0.25) is 0 Å². The predicted octanol–water partition coefficient (Wildman–Crippen LogP) is 3.56. The van der Waals surface area contributed by atoms with Crippen molar-refractivity contribution in [1.29, 1.82) is 0 Å². The molecule has 0 unspecified atom stereocenters. The van der Waals surface area contributed by atoms with E-state index >= 15 is 0 Å². The Hall–Kier alpha value is -2.06. The van der Waals surface area contributed by atoms with Crippen LogP contribution in [0.2, 0.25) is 0 Å². The van der Waals surface area contributed by atoms with E-state index in [0.717, 1.165) is 10.9 Å². The van der Waals surface area contributed by atoms with E-state index in [1.807, 2.05) is 6.92 Å². The van der Waals surface area contributed by atoms with E-state index in [0.29, 0.717) is 23.7 Å². The van der Waals surface area contributed by atoms with Crippen molar-refractivity contribution >= 4 is 32.2 Å². The molecule has 0 bridgehead atoms. The van der Waals surface area contributed by atoms with Crippen molar-refractivity contribution in [3.05, 3.63) is 52.5 Å². The second kappa shape index (κ2) is 8.87. The number of nitrogens with one attached hydrogen (secondary N) is 1. The number of ether oxygens (including phenoxy) is 2. The van der Waals surface area contributed by atoms with Crippen LogP contribution in [-0.4, -0.2) is 28.3 Å². The number of rotatable bonds is 8. The molecule has 8 heteroatoms. The van der Waals surface area contributed by atoms with Crippen LogP contribution < -0.4 is 14.3 Å². The monoisotopic (exact) mass is 426 g/mol. The highest BCUT2D eigenvalue weighted by Gasteiger charge is 2.12. The Bertz CT molecular complexity index is 836. The second-order valence-corrected chi connectivity index (χ2v) is 7.64. The van der Waals surface area contributed by atoms with Gasteiger partial charge >= 0.3 is 0 Å². The fraction of sp³-hybridized carbons (Fsp3) is 0.235. The van der Waals surface area contributed by atoms with Gasteiger partial charge in [0.1, 0.15) is 0 Å². The largest absolute Gasteiger partial charge is 0.493 e. The first-order valence-corrected chi connectivity index (χ1v) is 9.85. The Balaban J connectivity index is 2.09. The molecule has 0 aliphatic rings. The molecule has 0 spiro atoms. The van der Waals surface area contributed by atoms with E-state index in [1.54, 1.807) is 37.4 Å². The fourth-order valence-corrected chi connectivity index (χ4v) is 2.99. The molecule has 0 saturated heterocycles. The number of benzene rings is 2. The van der Waals surface area contributed by atoms with Crippen LogP contribution in [0.25, 0.3) is 0 Å². The summed E-state index contributed by atoms with van der Waals surface area (Å²) in [6, 6.07) is 11.5. The van der Waals surface area contributed by atoms with Gasteiger partial charge in [-0.2, -0.15) is 13.5 Å². The zero-order valence-corrected chi connectivity index (χ0v) is 16.3. The van der Waals surface area contributed by atoms with Crippen LogP contribution in [0.15, 0.2) is 56.9 Å². The smallest absolute Gasteiger partial charge is 0.276 e. The second-order valence-electron chi connectivity index (χ2n) is 5.07. The minimum absolute atomic E-state index is 0.133. The topological polar surface area (TPSA) is 77.0 Å². The van der Waals surface area contributed by atoms with Gasteiger partial charge < -0.3 is 9.47 Å². The lowest BCUT2D eigenvalue weighted by Crippen LogP contribution is -2.18. The molecule has 0 atom stereocenters. The number of halogens is 1. The van der Waals surface area contributed by atoms with Gasteiger partial charge in [-0.15, -0.1) is 0 Å². The van der Waals surface area contributed by atoms with Crippen LogP contribution >= 0.6 is 15.9 Å². The number of nitrogens with zero attached hydrogens (tertiary/aromatic N) is 1. The summed E-state index contributed by atoms with van der Waals surface area (Å²) in [5.41, 5.74) is 0.680. The Morgan fingerprint density at radius 2 is 1.88 bits per heavy atom. The Kier molecular flexibility index (Phi) is 6.83. The molecule has 0 fully saturated rings. The molecule has 0 radical (unpaired) electrons. The maximum absolute atomic E-state index is 12.1. The standard InChI is InChI=1S/C17H19BrN2O4S/c1-3-10-24-16-9-4-13(11-17(16)23-2)12-19-20-25(21,22)15-7-5-14(18)6-8-15/h4-9,11-12,20H,3,10H2,1-2H3/b19-12-. The van der Waals surface area contributed by atoms with Crippen LogP contribution in [0.3, 0.4) is 0 Å². The van der Waals surface area contributed by atoms with Gasteiger partial charge in [0.15, 0.2) is 11.5 Å². The SMILES string of the molecule is CCCOc1ccc(/C=N\NS(=O)(=O)c2ccc(Br)cc2)cc1OC. The van der Waals surface area contributed by atoms with E-state index < -0.39 is 10.0 Å². The summed E-state index contributed by atoms with van der Waals surface area (Å²) in [5.74, 6) is 1.20. The minimum Gasteiger partial charge on any atom is -0.493 e. The molecule has 0 aromatic heterocycles. The summed E-state index contributed by atoms with van der Waals surface area (Å²) < 4.78 is 35.9. The zero-order chi connectivity index (χ0) is 18.3. The summed E-state index contributed by atoms with van der Waals surface area (Å²) in [6.45, 7) is 2.61. The molecule has 134 valence electrons.